The SMILES string of the molecule is C=NC=c1ccn(Cc2cnc(C(C)C)c(C(F)(F)F)c2)c1=CC. The Morgan fingerprint density at radius 1 is 1.38 bits per heavy atom. The van der Waals surface area contributed by atoms with E-state index >= 15 is 0 Å². The average molecular weight is 335 g/mol. The molecule has 2 heterocycles. The largest absolute Gasteiger partial charge is 0.418 e. The first-order valence-electron chi connectivity index (χ1n) is 7.61. The van der Waals surface area contributed by atoms with Crippen LogP contribution in [0, 0.1) is 0 Å². The predicted molar refractivity (Wildman–Crippen MR) is 90.3 cm³/mol. The fraction of sp³-hybridized carbons (Fsp3) is 0.333. The third-order valence-corrected chi connectivity index (χ3v) is 3.72. The van der Waals surface area contributed by atoms with Crippen molar-refractivity contribution in [2.75, 3.05) is 0 Å². The second-order valence-electron chi connectivity index (χ2n) is 5.81. The Morgan fingerprint density at radius 2 is 2.08 bits per heavy atom. The van der Waals surface area contributed by atoms with E-state index in [9.17, 15) is 13.2 Å². The monoisotopic (exact) mass is 335 g/mol. The smallest absolute Gasteiger partial charge is 0.343 e. The van der Waals surface area contributed by atoms with Crippen molar-refractivity contribution in [3.63, 3.8) is 0 Å². The molecule has 0 saturated carbocycles. The summed E-state index contributed by atoms with van der Waals surface area (Å²) in [7, 11) is 0. The van der Waals surface area contributed by atoms with Crippen molar-refractivity contribution in [1.29, 1.82) is 0 Å². The molecule has 6 heteroatoms. The summed E-state index contributed by atoms with van der Waals surface area (Å²) in [5.41, 5.74) is -0.0850. The molecule has 0 bridgehead atoms. The lowest BCUT2D eigenvalue weighted by atomic mass is 10.0. The van der Waals surface area contributed by atoms with Gasteiger partial charge in [0.15, 0.2) is 0 Å². The Kier molecular flexibility index (Phi) is 5.26. The minimum atomic E-state index is -4.41. The van der Waals surface area contributed by atoms with Gasteiger partial charge in [0.1, 0.15) is 0 Å². The molecule has 0 saturated heterocycles. The summed E-state index contributed by atoms with van der Waals surface area (Å²) in [6, 6.07) is 3.04. The van der Waals surface area contributed by atoms with Crippen LogP contribution in [0.1, 0.15) is 43.5 Å². The number of pyridine rings is 1. The molecule has 2 aromatic heterocycles. The zero-order chi connectivity index (χ0) is 17.9. The molecule has 0 spiro atoms. The van der Waals surface area contributed by atoms with Gasteiger partial charge in [-0.05, 0) is 37.3 Å². The molecule has 2 rings (SSSR count). The minimum Gasteiger partial charge on any atom is -0.343 e. The summed E-state index contributed by atoms with van der Waals surface area (Å²) in [6.07, 6.45) is 2.42. The van der Waals surface area contributed by atoms with E-state index in [1.165, 1.54) is 12.3 Å². The summed E-state index contributed by atoms with van der Waals surface area (Å²) < 4.78 is 41.8. The van der Waals surface area contributed by atoms with Crippen molar-refractivity contribution in [3.8, 4) is 0 Å². The van der Waals surface area contributed by atoms with Crippen LogP contribution in [0.2, 0.25) is 0 Å². The van der Waals surface area contributed by atoms with Crippen molar-refractivity contribution in [1.82, 2.24) is 9.55 Å². The molecule has 2 aromatic rings. The summed E-state index contributed by atoms with van der Waals surface area (Å²) in [5.74, 6) is -0.290. The molecule has 0 aliphatic carbocycles. The van der Waals surface area contributed by atoms with Gasteiger partial charge in [-0.3, -0.25) is 9.98 Å². The average Bonchev–Trinajstić information content (AvgIpc) is 2.88. The van der Waals surface area contributed by atoms with Gasteiger partial charge in [0.25, 0.3) is 0 Å². The Morgan fingerprint density at radius 3 is 2.62 bits per heavy atom. The van der Waals surface area contributed by atoms with Gasteiger partial charge in [0.2, 0.25) is 0 Å². The van der Waals surface area contributed by atoms with Crippen LogP contribution in [0.4, 0.5) is 13.2 Å². The number of alkyl halides is 3. The fourth-order valence-corrected chi connectivity index (χ4v) is 2.67. The zero-order valence-electron chi connectivity index (χ0n) is 13.9. The van der Waals surface area contributed by atoms with Gasteiger partial charge < -0.3 is 4.57 Å². The van der Waals surface area contributed by atoms with E-state index in [-0.39, 0.29) is 11.6 Å². The number of halogens is 3. The number of aliphatic imine (C=N–C) groups is 1. The molecule has 0 N–H and O–H groups in total. The number of hydrogen-bond donors (Lipinski definition) is 0. The lowest BCUT2D eigenvalue weighted by Gasteiger charge is -2.16. The second kappa shape index (κ2) is 7.03. The van der Waals surface area contributed by atoms with Gasteiger partial charge in [-0.2, -0.15) is 13.2 Å². The van der Waals surface area contributed by atoms with Crippen LogP contribution >= 0.6 is 0 Å². The van der Waals surface area contributed by atoms with Crippen molar-refractivity contribution in [3.05, 3.63) is 51.9 Å². The Balaban J connectivity index is 2.49. The van der Waals surface area contributed by atoms with Crippen LogP contribution in [-0.4, -0.2) is 16.3 Å². The highest BCUT2D eigenvalue weighted by Gasteiger charge is 2.35. The second-order valence-corrected chi connectivity index (χ2v) is 5.81. The molecule has 0 aliphatic rings. The molecular weight excluding hydrogens is 315 g/mol. The molecule has 128 valence electrons. The molecule has 3 nitrogen and oxygen atoms in total. The first-order valence-corrected chi connectivity index (χ1v) is 7.61. The van der Waals surface area contributed by atoms with Crippen LogP contribution in [-0.2, 0) is 12.7 Å². The highest BCUT2D eigenvalue weighted by Crippen LogP contribution is 2.34. The van der Waals surface area contributed by atoms with Gasteiger partial charge in [0.05, 0.1) is 11.3 Å². The van der Waals surface area contributed by atoms with Gasteiger partial charge in [-0.15, -0.1) is 0 Å². The highest BCUT2D eigenvalue weighted by atomic mass is 19.4. The summed E-state index contributed by atoms with van der Waals surface area (Å²) >= 11 is 0. The third-order valence-electron chi connectivity index (χ3n) is 3.72. The van der Waals surface area contributed by atoms with Crippen LogP contribution in [0.5, 0.6) is 0 Å². The van der Waals surface area contributed by atoms with E-state index in [1.54, 1.807) is 20.0 Å². The maximum atomic E-state index is 13.3. The Bertz CT molecular complexity index is 845. The first kappa shape index (κ1) is 18.0. The van der Waals surface area contributed by atoms with Crippen molar-refractivity contribution < 1.29 is 13.2 Å². The lowest BCUT2D eigenvalue weighted by molar-refractivity contribution is -0.138. The van der Waals surface area contributed by atoms with Crippen molar-refractivity contribution >= 4 is 19.0 Å². The number of nitrogens with zero attached hydrogens (tertiary/aromatic N) is 3. The van der Waals surface area contributed by atoms with Gasteiger partial charge >= 0.3 is 6.18 Å². The minimum absolute atomic E-state index is 0.0749. The van der Waals surface area contributed by atoms with Crippen LogP contribution in [0.3, 0.4) is 0 Å². The highest BCUT2D eigenvalue weighted by molar-refractivity contribution is 5.38. The van der Waals surface area contributed by atoms with Crippen molar-refractivity contribution in [2.45, 2.75) is 39.4 Å². The summed E-state index contributed by atoms with van der Waals surface area (Å²) in [6.45, 7) is 9.01. The third kappa shape index (κ3) is 3.75. The standard InChI is InChI=1S/C18H20F3N3/c1-5-16-14(10-22-4)6-7-24(16)11-13-8-15(18(19,20)21)17(12(2)3)23-9-13/h5-10,12H,4,11H2,1-3H3. The predicted octanol–water partition coefficient (Wildman–Crippen LogP) is 3.31. The van der Waals surface area contributed by atoms with Gasteiger partial charge in [-0.25, -0.2) is 0 Å². The summed E-state index contributed by atoms with van der Waals surface area (Å²) in [5, 5.41) is 1.75. The molecule has 0 amide bonds. The normalized spacial score (nSPS) is 13.8. The van der Waals surface area contributed by atoms with E-state index in [0.29, 0.717) is 12.1 Å². The topological polar surface area (TPSA) is 30.2 Å². The van der Waals surface area contributed by atoms with E-state index in [1.807, 2.05) is 29.8 Å². The van der Waals surface area contributed by atoms with Crippen molar-refractivity contribution in [2.24, 2.45) is 4.99 Å². The number of aromatic nitrogens is 2. The lowest BCUT2D eigenvalue weighted by Crippen LogP contribution is -2.29. The van der Waals surface area contributed by atoms with Crippen LogP contribution < -0.4 is 10.6 Å². The van der Waals surface area contributed by atoms with E-state index < -0.39 is 11.7 Å². The van der Waals surface area contributed by atoms with E-state index in [4.69, 9.17) is 0 Å². The Labute approximate surface area is 138 Å². The van der Waals surface area contributed by atoms with E-state index in [0.717, 1.165) is 10.6 Å². The number of hydrogen-bond acceptors (Lipinski definition) is 2. The quantitative estimate of drug-likeness (QED) is 0.789. The number of rotatable bonds is 4. The molecular formula is C18H20F3N3. The fourth-order valence-electron chi connectivity index (χ4n) is 2.67. The van der Waals surface area contributed by atoms with Gasteiger partial charge in [0, 0.05) is 35.7 Å². The zero-order valence-corrected chi connectivity index (χ0v) is 13.9. The van der Waals surface area contributed by atoms with Crippen LogP contribution in [0.15, 0.2) is 29.5 Å². The molecule has 0 unspecified atom stereocenters. The molecule has 0 atom stereocenters. The van der Waals surface area contributed by atoms with Crippen LogP contribution in [0.25, 0.3) is 12.3 Å². The molecule has 24 heavy (non-hydrogen) atoms. The first-order chi connectivity index (χ1) is 11.3. The summed E-state index contributed by atoms with van der Waals surface area (Å²) in [4.78, 5) is 7.80. The molecule has 0 radical (unpaired) electrons. The van der Waals surface area contributed by atoms with E-state index in [2.05, 4.69) is 16.7 Å². The van der Waals surface area contributed by atoms with Gasteiger partial charge in [-0.1, -0.05) is 19.9 Å². The maximum Gasteiger partial charge on any atom is 0.418 e. The molecule has 0 fully saturated rings. The maximum absolute atomic E-state index is 13.3. The molecule has 0 aliphatic heterocycles. The Hall–Kier alpha value is -2.37. The molecule has 0 aromatic carbocycles.